The van der Waals surface area contributed by atoms with Crippen molar-refractivity contribution in [3.63, 3.8) is 0 Å². The van der Waals surface area contributed by atoms with Gasteiger partial charge in [-0.05, 0) is 36.4 Å². The fraction of sp³-hybridized carbons (Fsp3) is 0.125. The zero-order valence-corrected chi connectivity index (χ0v) is 18.7. The van der Waals surface area contributed by atoms with E-state index in [4.69, 9.17) is 11.6 Å². The standard InChI is InChI=1S/C24H17ClFN3O3S/c25-15-6-5-7-16(12-15)29-22(31)14-33-24(29)17-8-1-4-11-20(17)28(23(24)32)13-21(30)27-19-10-3-2-9-18(19)26/h1-12H,13-14H2,(H,27,30)/t24-/m0/s1. The average molecular weight is 482 g/mol. The number of amides is 3. The molecule has 3 aromatic carbocycles. The number of para-hydroxylation sites is 2. The van der Waals surface area contributed by atoms with Gasteiger partial charge in [0.2, 0.25) is 16.7 Å². The minimum absolute atomic E-state index is 0.0307. The molecule has 0 radical (unpaired) electrons. The van der Waals surface area contributed by atoms with Crippen LogP contribution in [0.25, 0.3) is 0 Å². The van der Waals surface area contributed by atoms with Crippen LogP contribution in [0.5, 0.6) is 0 Å². The van der Waals surface area contributed by atoms with E-state index in [2.05, 4.69) is 5.32 Å². The topological polar surface area (TPSA) is 69.7 Å². The van der Waals surface area contributed by atoms with E-state index in [9.17, 15) is 18.8 Å². The third-order valence-electron chi connectivity index (χ3n) is 5.58. The molecule has 3 amide bonds. The van der Waals surface area contributed by atoms with Gasteiger partial charge in [-0.15, -0.1) is 11.8 Å². The number of rotatable bonds is 4. The summed E-state index contributed by atoms with van der Waals surface area (Å²) in [5.74, 6) is -1.67. The first kappa shape index (κ1) is 21.5. The van der Waals surface area contributed by atoms with Crippen LogP contribution in [0.2, 0.25) is 5.02 Å². The molecule has 166 valence electrons. The number of nitrogens with zero attached hydrogens (tertiary/aromatic N) is 2. The predicted octanol–water partition coefficient (Wildman–Crippen LogP) is 4.40. The van der Waals surface area contributed by atoms with Crippen molar-refractivity contribution < 1.29 is 18.8 Å². The second kappa shape index (κ2) is 8.20. The van der Waals surface area contributed by atoms with Crippen molar-refractivity contribution in [2.24, 2.45) is 0 Å². The Balaban J connectivity index is 1.53. The summed E-state index contributed by atoms with van der Waals surface area (Å²) in [6.45, 7) is -0.329. The van der Waals surface area contributed by atoms with Crippen molar-refractivity contribution in [1.82, 2.24) is 0 Å². The highest BCUT2D eigenvalue weighted by molar-refractivity contribution is 8.02. The highest BCUT2D eigenvalue weighted by atomic mass is 35.5. The van der Waals surface area contributed by atoms with Gasteiger partial charge in [0.15, 0.2) is 0 Å². The normalized spacial score (nSPS) is 19.3. The molecule has 5 rings (SSSR count). The summed E-state index contributed by atoms with van der Waals surface area (Å²) in [6, 6.07) is 19.6. The zero-order chi connectivity index (χ0) is 23.2. The fourth-order valence-electron chi connectivity index (χ4n) is 4.22. The first-order valence-corrected chi connectivity index (χ1v) is 11.5. The fourth-order valence-corrected chi connectivity index (χ4v) is 5.77. The first-order chi connectivity index (χ1) is 15.9. The van der Waals surface area contributed by atoms with Gasteiger partial charge in [-0.25, -0.2) is 4.39 Å². The van der Waals surface area contributed by atoms with Crippen LogP contribution in [-0.2, 0) is 19.3 Å². The number of benzene rings is 3. The molecule has 3 aromatic rings. The van der Waals surface area contributed by atoms with Crippen LogP contribution in [0.3, 0.4) is 0 Å². The molecule has 9 heteroatoms. The number of anilines is 3. The molecule has 1 N–H and O–H groups in total. The maximum atomic E-state index is 14.0. The molecule has 0 aromatic heterocycles. The Bertz CT molecular complexity index is 1300. The quantitative estimate of drug-likeness (QED) is 0.599. The molecule has 0 unspecified atom stereocenters. The van der Waals surface area contributed by atoms with Crippen LogP contribution in [0, 0.1) is 5.82 Å². The summed E-state index contributed by atoms with van der Waals surface area (Å²) in [4.78, 5) is 41.1. The molecule has 2 heterocycles. The molecular weight excluding hydrogens is 465 g/mol. The second-order valence-electron chi connectivity index (χ2n) is 7.58. The highest BCUT2D eigenvalue weighted by Gasteiger charge is 2.61. The van der Waals surface area contributed by atoms with Crippen molar-refractivity contribution in [3.05, 3.63) is 89.2 Å². The number of nitrogens with one attached hydrogen (secondary N) is 1. The Hall–Kier alpha value is -3.36. The van der Waals surface area contributed by atoms with Gasteiger partial charge < -0.3 is 5.32 Å². The molecule has 2 aliphatic heterocycles. The van der Waals surface area contributed by atoms with Gasteiger partial charge in [-0.1, -0.05) is 48.0 Å². The lowest BCUT2D eigenvalue weighted by molar-refractivity contribution is -0.124. The summed E-state index contributed by atoms with van der Waals surface area (Å²) in [5.41, 5.74) is 1.67. The van der Waals surface area contributed by atoms with Crippen molar-refractivity contribution in [3.8, 4) is 0 Å². The van der Waals surface area contributed by atoms with E-state index in [0.717, 1.165) is 0 Å². The predicted molar refractivity (Wildman–Crippen MR) is 127 cm³/mol. The van der Waals surface area contributed by atoms with E-state index in [1.54, 1.807) is 54.6 Å². The summed E-state index contributed by atoms with van der Waals surface area (Å²) in [7, 11) is 0. The molecule has 1 atom stereocenters. The molecule has 1 spiro atoms. The minimum Gasteiger partial charge on any atom is -0.322 e. The number of fused-ring (bicyclic) bond motifs is 2. The maximum Gasteiger partial charge on any atom is 0.269 e. The van der Waals surface area contributed by atoms with Crippen LogP contribution in [0.15, 0.2) is 72.8 Å². The largest absolute Gasteiger partial charge is 0.322 e. The number of halogens is 2. The number of hydrogen-bond donors (Lipinski definition) is 1. The second-order valence-corrected chi connectivity index (χ2v) is 9.18. The van der Waals surface area contributed by atoms with E-state index in [1.807, 2.05) is 0 Å². The van der Waals surface area contributed by atoms with E-state index < -0.39 is 22.5 Å². The number of carbonyl (C=O) groups is 3. The maximum absolute atomic E-state index is 14.0. The van der Waals surface area contributed by atoms with Crippen LogP contribution in [0.4, 0.5) is 21.5 Å². The van der Waals surface area contributed by atoms with E-state index in [1.165, 1.54) is 39.8 Å². The number of thioether (sulfide) groups is 1. The lowest BCUT2D eigenvalue weighted by Crippen LogP contribution is -2.50. The van der Waals surface area contributed by atoms with E-state index in [-0.39, 0.29) is 23.9 Å². The minimum atomic E-state index is -1.35. The highest BCUT2D eigenvalue weighted by Crippen LogP contribution is 2.55. The van der Waals surface area contributed by atoms with Crippen LogP contribution < -0.4 is 15.1 Å². The summed E-state index contributed by atoms with van der Waals surface area (Å²) < 4.78 is 14.0. The van der Waals surface area contributed by atoms with Crippen LogP contribution in [-0.4, -0.2) is 30.0 Å². The summed E-state index contributed by atoms with van der Waals surface area (Å²) >= 11 is 7.37. The number of carbonyl (C=O) groups excluding carboxylic acids is 3. The Morgan fingerprint density at radius 1 is 1.06 bits per heavy atom. The Morgan fingerprint density at radius 3 is 2.61 bits per heavy atom. The Labute approximate surface area is 198 Å². The third kappa shape index (κ3) is 3.46. The molecular formula is C24H17ClFN3O3S. The third-order valence-corrected chi connectivity index (χ3v) is 7.20. The Kier molecular flexibility index (Phi) is 5.34. The van der Waals surface area contributed by atoms with Crippen molar-refractivity contribution in [2.45, 2.75) is 4.87 Å². The van der Waals surface area contributed by atoms with Gasteiger partial charge in [0.05, 0.1) is 17.1 Å². The SMILES string of the molecule is O=C(CN1C(=O)[C@@]2(SCC(=O)N2c2cccc(Cl)c2)c2ccccc21)Nc1ccccc1F. The van der Waals surface area contributed by atoms with Crippen molar-refractivity contribution >= 4 is 58.1 Å². The van der Waals surface area contributed by atoms with Crippen molar-refractivity contribution in [2.75, 3.05) is 27.4 Å². The molecule has 1 fully saturated rings. The summed E-state index contributed by atoms with van der Waals surface area (Å²) in [6.07, 6.45) is 0. The van der Waals surface area contributed by atoms with Gasteiger partial charge in [-0.3, -0.25) is 24.2 Å². The van der Waals surface area contributed by atoms with Gasteiger partial charge in [0.25, 0.3) is 5.91 Å². The van der Waals surface area contributed by atoms with Crippen molar-refractivity contribution in [1.29, 1.82) is 0 Å². The monoisotopic (exact) mass is 481 g/mol. The molecule has 33 heavy (non-hydrogen) atoms. The van der Waals surface area contributed by atoms with Gasteiger partial charge >= 0.3 is 0 Å². The molecule has 6 nitrogen and oxygen atoms in total. The van der Waals surface area contributed by atoms with Crippen LogP contribution in [0.1, 0.15) is 5.56 Å². The lowest BCUT2D eigenvalue weighted by atomic mass is 10.0. The Morgan fingerprint density at radius 2 is 1.82 bits per heavy atom. The van der Waals surface area contributed by atoms with Crippen LogP contribution >= 0.6 is 23.4 Å². The van der Waals surface area contributed by atoms with Gasteiger partial charge in [0.1, 0.15) is 12.4 Å². The zero-order valence-electron chi connectivity index (χ0n) is 17.1. The van der Waals surface area contributed by atoms with E-state index in [0.29, 0.717) is 22.0 Å². The lowest BCUT2D eigenvalue weighted by Gasteiger charge is -2.33. The summed E-state index contributed by atoms with van der Waals surface area (Å²) in [5, 5.41) is 2.95. The molecule has 0 aliphatic carbocycles. The molecule has 0 saturated carbocycles. The smallest absolute Gasteiger partial charge is 0.269 e. The van der Waals surface area contributed by atoms with E-state index >= 15 is 0 Å². The van der Waals surface area contributed by atoms with Gasteiger partial charge in [0, 0.05) is 16.3 Å². The first-order valence-electron chi connectivity index (χ1n) is 10.1. The molecule has 0 bridgehead atoms. The average Bonchev–Trinajstić information content (AvgIpc) is 3.26. The molecule has 2 aliphatic rings. The van der Waals surface area contributed by atoms with Gasteiger partial charge in [-0.2, -0.15) is 0 Å². The number of hydrogen-bond acceptors (Lipinski definition) is 4. The molecule has 1 saturated heterocycles.